The first-order valence-corrected chi connectivity index (χ1v) is 12.5. The third-order valence-corrected chi connectivity index (χ3v) is 7.05. The fourth-order valence-electron chi connectivity index (χ4n) is 4.14. The van der Waals surface area contributed by atoms with Crippen molar-refractivity contribution in [1.82, 2.24) is 10.2 Å². The molecular formula is C26H32N2O5S. The van der Waals surface area contributed by atoms with Gasteiger partial charge in [-0.25, -0.2) is 4.79 Å². The number of nitrogens with one attached hydrogen (secondary N) is 1. The number of esters is 1. The highest BCUT2D eigenvalue weighted by Crippen LogP contribution is 2.33. The summed E-state index contributed by atoms with van der Waals surface area (Å²) in [5.41, 5.74) is 1.09. The topological polar surface area (TPSA) is 95.9 Å². The summed E-state index contributed by atoms with van der Waals surface area (Å²) in [6, 6.07) is 17.3. The maximum atomic E-state index is 13.3. The van der Waals surface area contributed by atoms with Gasteiger partial charge >= 0.3 is 11.9 Å². The smallest absolute Gasteiger partial charge is 0.326 e. The van der Waals surface area contributed by atoms with Crippen molar-refractivity contribution >= 4 is 29.6 Å². The quantitative estimate of drug-likeness (QED) is 0.472. The zero-order valence-corrected chi connectivity index (χ0v) is 20.4. The molecule has 1 aliphatic rings. The molecular weight excluding hydrogens is 452 g/mol. The van der Waals surface area contributed by atoms with Crippen LogP contribution in [0.15, 0.2) is 65.6 Å². The predicted molar refractivity (Wildman–Crippen MR) is 132 cm³/mol. The number of rotatable bonds is 11. The van der Waals surface area contributed by atoms with E-state index < -0.39 is 30.1 Å². The lowest BCUT2D eigenvalue weighted by Crippen LogP contribution is -2.53. The number of nitrogens with zero attached hydrogens (tertiary/aromatic N) is 1. The van der Waals surface area contributed by atoms with Crippen molar-refractivity contribution < 1.29 is 24.2 Å². The largest absolute Gasteiger partial charge is 0.480 e. The average molecular weight is 485 g/mol. The van der Waals surface area contributed by atoms with E-state index in [2.05, 4.69) is 5.32 Å². The van der Waals surface area contributed by atoms with Gasteiger partial charge in [-0.2, -0.15) is 0 Å². The second-order valence-corrected chi connectivity index (χ2v) is 9.72. The van der Waals surface area contributed by atoms with E-state index in [1.807, 2.05) is 60.7 Å². The number of hydrogen-bond acceptors (Lipinski definition) is 6. The summed E-state index contributed by atoms with van der Waals surface area (Å²) in [7, 11) is 0. The molecule has 0 unspecified atom stereocenters. The normalized spacial score (nSPS) is 19.4. The van der Waals surface area contributed by atoms with Gasteiger partial charge in [-0.15, -0.1) is 11.8 Å². The predicted octanol–water partition coefficient (Wildman–Crippen LogP) is 3.38. The zero-order chi connectivity index (χ0) is 24.5. The molecule has 0 radical (unpaired) electrons. The Bertz CT molecular complexity index is 956. The van der Waals surface area contributed by atoms with Crippen LogP contribution in [-0.2, 0) is 25.5 Å². The van der Waals surface area contributed by atoms with Crippen molar-refractivity contribution in [2.75, 3.05) is 13.2 Å². The summed E-state index contributed by atoms with van der Waals surface area (Å²) in [6.45, 7) is 4.01. The standard InChI is InChI=1S/C26H32N2O5S/c1-3-33-26(32)22(15-14-19-10-6-4-7-11-19)27-18(2)24(29)28-17-21(16-23(28)25(30)31)34-20-12-8-5-9-13-20/h4-13,18,21-23,27H,3,14-17H2,1-2H3,(H,30,31)/t18-,21-,22-,23-/m0/s1. The zero-order valence-electron chi connectivity index (χ0n) is 19.6. The molecule has 8 heteroatoms. The maximum Gasteiger partial charge on any atom is 0.326 e. The number of amides is 1. The number of likely N-dealkylation sites (tertiary alicyclic amines) is 1. The monoisotopic (exact) mass is 484 g/mol. The molecule has 2 N–H and O–H groups in total. The summed E-state index contributed by atoms with van der Waals surface area (Å²) >= 11 is 1.58. The van der Waals surface area contributed by atoms with Gasteiger partial charge in [0.25, 0.3) is 0 Å². The van der Waals surface area contributed by atoms with Crippen LogP contribution >= 0.6 is 11.8 Å². The van der Waals surface area contributed by atoms with Crippen LogP contribution in [0.1, 0.15) is 32.3 Å². The Hall–Kier alpha value is -2.84. The van der Waals surface area contributed by atoms with Gasteiger partial charge < -0.3 is 14.7 Å². The van der Waals surface area contributed by atoms with Crippen molar-refractivity contribution in [2.24, 2.45) is 0 Å². The third-order valence-electron chi connectivity index (χ3n) is 5.83. The Labute approximate surface area is 204 Å². The van der Waals surface area contributed by atoms with Gasteiger partial charge in [-0.05, 0) is 50.8 Å². The molecule has 4 atom stereocenters. The van der Waals surface area contributed by atoms with Crippen molar-refractivity contribution in [3.63, 3.8) is 0 Å². The first-order chi connectivity index (χ1) is 16.4. The van der Waals surface area contributed by atoms with E-state index in [4.69, 9.17) is 4.74 Å². The van der Waals surface area contributed by atoms with Gasteiger partial charge in [0.1, 0.15) is 12.1 Å². The number of ether oxygens (including phenoxy) is 1. The molecule has 2 aromatic carbocycles. The van der Waals surface area contributed by atoms with E-state index in [1.165, 1.54) is 4.90 Å². The molecule has 0 bridgehead atoms. The Kier molecular flexibility index (Phi) is 9.53. The highest BCUT2D eigenvalue weighted by atomic mass is 32.2. The summed E-state index contributed by atoms with van der Waals surface area (Å²) in [5, 5.41) is 12.8. The molecule has 0 saturated carbocycles. The Morgan fingerprint density at radius 2 is 1.76 bits per heavy atom. The molecule has 182 valence electrons. The van der Waals surface area contributed by atoms with Gasteiger partial charge in [-0.1, -0.05) is 48.5 Å². The minimum atomic E-state index is -1.01. The number of carboxylic acid groups (broad SMARTS) is 1. The number of carbonyl (C=O) groups excluding carboxylic acids is 2. The molecule has 1 heterocycles. The minimum Gasteiger partial charge on any atom is -0.480 e. The van der Waals surface area contributed by atoms with Gasteiger partial charge in [0, 0.05) is 16.7 Å². The average Bonchev–Trinajstić information content (AvgIpc) is 3.26. The van der Waals surface area contributed by atoms with Crippen molar-refractivity contribution in [3.05, 3.63) is 66.2 Å². The highest BCUT2D eigenvalue weighted by Gasteiger charge is 2.41. The lowest BCUT2D eigenvalue weighted by molar-refractivity contribution is -0.150. The Balaban J connectivity index is 1.66. The summed E-state index contributed by atoms with van der Waals surface area (Å²) in [6.07, 6.45) is 1.49. The molecule has 2 aromatic rings. The van der Waals surface area contributed by atoms with E-state index in [0.29, 0.717) is 25.8 Å². The summed E-state index contributed by atoms with van der Waals surface area (Å²) < 4.78 is 5.22. The Morgan fingerprint density at radius 1 is 1.12 bits per heavy atom. The lowest BCUT2D eigenvalue weighted by atomic mass is 10.0. The first kappa shape index (κ1) is 25.8. The molecule has 1 saturated heterocycles. The number of carbonyl (C=O) groups is 3. The van der Waals surface area contributed by atoms with E-state index in [0.717, 1.165) is 10.5 Å². The van der Waals surface area contributed by atoms with Gasteiger partial charge in [0.2, 0.25) is 5.91 Å². The first-order valence-electron chi connectivity index (χ1n) is 11.6. The van der Waals surface area contributed by atoms with Crippen LogP contribution in [0.4, 0.5) is 0 Å². The van der Waals surface area contributed by atoms with Crippen LogP contribution in [0.2, 0.25) is 0 Å². The van der Waals surface area contributed by atoms with Gasteiger partial charge in [0.15, 0.2) is 0 Å². The molecule has 1 fully saturated rings. The lowest BCUT2D eigenvalue weighted by Gasteiger charge is -2.28. The van der Waals surface area contributed by atoms with Crippen LogP contribution in [0.5, 0.6) is 0 Å². The highest BCUT2D eigenvalue weighted by molar-refractivity contribution is 8.00. The molecule has 3 rings (SSSR count). The van der Waals surface area contributed by atoms with Gasteiger partial charge in [-0.3, -0.25) is 14.9 Å². The third kappa shape index (κ3) is 7.08. The number of aryl methyl sites for hydroxylation is 1. The maximum absolute atomic E-state index is 13.3. The number of thioether (sulfide) groups is 1. The number of hydrogen-bond donors (Lipinski definition) is 2. The molecule has 1 amide bonds. The van der Waals surface area contributed by atoms with Gasteiger partial charge in [0.05, 0.1) is 12.6 Å². The van der Waals surface area contributed by atoms with E-state index >= 15 is 0 Å². The second kappa shape index (κ2) is 12.6. The van der Waals surface area contributed by atoms with Crippen LogP contribution in [0.3, 0.4) is 0 Å². The molecule has 1 aliphatic heterocycles. The van der Waals surface area contributed by atoms with Crippen molar-refractivity contribution in [1.29, 1.82) is 0 Å². The molecule has 0 spiro atoms. The van der Waals surface area contributed by atoms with Crippen LogP contribution < -0.4 is 5.32 Å². The number of carboxylic acids is 1. The molecule has 34 heavy (non-hydrogen) atoms. The van der Waals surface area contributed by atoms with E-state index in [1.54, 1.807) is 25.6 Å². The van der Waals surface area contributed by atoms with Crippen molar-refractivity contribution in [2.45, 2.75) is 61.4 Å². The summed E-state index contributed by atoms with van der Waals surface area (Å²) in [5.74, 6) is -1.74. The number of benzene rings is 2. The van der Waals surface area contributed by atoms with Crippen LogP contribution in [0, 0.1) is 0 Å². The second-order valence-electron chi connectivity index (χ2n) is 8.35. The number of aliphatic carboxylic acids is 1. The Morgan fingerprint density at radius 3 is 2.38 bits per heavy atom. The SMILES string of the molecule is CCOC(=O)[C@H](CCc1ccccc1)N[C@@H](C)C(=O)N1C[C@@H](Sc2ccccc2)C[C@H]1C(=O)O. The molecule has 7 nitrogen and oxygen atoms in total. The van der Waals surface area contributed by atoms with Crippen LogP contribution in [-0.4, -0.2) is 64.4 Å². The fraction of sp³-hybridized carbons (Fsp3) is 0.423. The van der Waals surface area contributed by atoms with Crippen LogP contribution in [0.25, 0.3) is 0 Å². The molecule has 0 aromatic heterocycles. The van der Waals surface area contributed by atoms with E-state index in [9.17, 15) is 19.5 Å². The molecule has 0 aliphatic carbocycles. The van der Waals surface area contributed by atoms with E-state index in [-0.39, 0.29) is 17.8 Å². The minimum absolute atomic E-state index is 0.0152. The fourth-order valence-corrected chi connectivity index (χ4v) is 5.35. The van der Waals surface area contributed by atoms with Crippen molar-refractivity contribution in [3.8, 4) is 0 Å². The summed E-state index contributed by atoms with van der Waals surface area (Å²) in [4.78, 5) is 40.2.